The summed E-state index contributed by atoms with van der Waals surface area (Å²) < 4.78 is 0. The van der Waals surface area contributed by atoms with Crippen molar-refractivity contribution in [1.82, 2.24) is 15.3 Å². The van der Waals surface area contributed by atoms with Crippen LogP contribution in [0.5, 0.6) is 0 Å². The number of hydrogen-bond acceptors (Lipinski definition) is 6. The van der Waals surface area contributed by atoms with Gasteiger partial charge in [-0.25, -0.2) is 9.97 Å². The van der Waals surface area contributed by atoms with Gasteiger partial charge in [-0.05, 0) is 43.3 Å². The fourth-order valence-electron chi connectivity index (χ4n) is 3.08. The van der Waals surface area contributed by atoms with Crippen LogP contribution in [0.2, 0.25) is 0 Å². The second-order valence-electron chi connectivity index (χ2n) is 5.98. The number of amides is 1. The van der Waals surface area contributed by atoms with Crippen molar-refractivity contribution in [3.05, 3.63) is 39.7 Å². The van der Waals surface area contributed by atoms with Crippen LogP contribution in [-0.4, -0.2) is 35.0 Å². The molecule has 0 spiro atoms. The van der Waals surface area contributed by atoms with Gasteiger partial charge in [0.2, 0.25) is 0 Å². The SMILES string of the molecule is Cc1ccc(C(=O)NC2CCN(c3ncnc4sccc34)CC2)s1. The maximum atomic E-state index is 12.3. The van der Waals surface area contributed by atoms with Crippen LogP contribution in [0.4, 0.5) is 5.82 Å². The number of piperidine rings is 1. The van der Waals surface area contributed by atoms with E-state index in [0.29, 0.717) is 0 Å². The Morgan fingerprint density at radius 3 is 2.83 bits per heavy atom. The standard InChI is InChI=1S/C17H18N4OS2/c1-11-2-3-14(24-11)16(22)20-12-4-7-21(8-5-12)15-13-6-9-23-17(13)19-10-18-15/h2-3,6,9-10,12H,4-5,7-8H2,1H3,(H,20,22). The second-order valence-corrected chi connectivity index (χ2v) is 8.16. The number of thiophene rings is 2. The predicted octanol–water partition coefficient (Wildman–Crippen LogP) is 3.46. The van der Waals surface area contributed by atoms with E-state index in [0.717, 1.165) is 46.8 Å². The first-order valence-corrected chi connectivity index (χ1v) is 9.71. The second kappa shape index (κ2) is 6.49. The monoisotopic (exact) mass is 358 g/mol. The summed E-state index contributed by atoms with van der Waals surface area (Å²) >= 11 is 3.19. The number of hydrogen-bond donors (Lipinski definition) is 1. The van der Waals surface area contributed by atoms with Gasteiger partial charge in [0, 0.05) is 24.0 Å². The van der Waals surface area contributed by atoms with Gasteiger partial charge in [0.15, 0.2) is 0 Å². The smallest absolute Gasteiger partial charge is 0.261 e. The molecule has 124 valence electrons. The number of aryl methyl sites for hydroxylation is 1. The molecule has 0 aliphatic carbocycles. The van der Waals surface area contributed by atoms with Gasteiger partial charge in [0.1, 0.15) is 17.0 Å². The maximum absolute atomic E-state index is 12.3. The van der Waals surface area contributed by atoms with E-state index < -0.39 is 0 Å². The van der Waals surface area contributed by atoms with Crippen molar-refractivity contribution < 1.29 is 4.79 Å². The van der Waals surface area contributed by atoms with Gasteiger partial charge >= 0.3 is 0 Å². The number of carbonyl (C=O) groups excluding carboxylic acids is 1. The molecule has 1 saturated heterocycles. The molecule has 1 aliphatic rings. The van der Waals surface area contributed by atoms with Gasteiger partial charge < -0.3 is 10.2 Å². The molecule has 4 heterocycles. The lowest BCUT2D eigenvalue weighted by Crippen LogP contribution is -2.44. The number of nitrogens with one attached hydrogen (secondary N) is 1. The molecule has 1 amide bonds. The molecule has 3 aromatic heterocycles. The van der Waals surface area contributed by atoms with Crippen LogP contribution < -0.4 is 10.2 Å². The first-order chi connectivity index (χ1) is 11.7. The lowest BCUT2D eigenvalue weighted by atomic mass is 10.0. The predicted molar refractivity (Wildman–Crippen MR) is 99.2 cm³/mol. The van der Waals surface area contributed by atoms with Gasteiger partial charge in [0.25, 0.3) is 5.91 Å². The fraction of sp³-hybridized carbons (Fsp3) is 0.353. The van der Waals surface area contributed by atoms with Gasteiger partial charge in [-0.15, -0.1) is 22.7 Å². The molecule has 1 N–H and O–H groups in total. The summed E-state index contributed by atoms with van der Waals surface area (Å²) in [6.45, 7) is 3.82. The summed E-state index contributed by atoms with van der Waals surface area (Å²) in [4.78, 5) is 26.4. The summed E-state index contributed by atoms with van der Waals surface area (Å²) in [6, 6.07) is 6.21. The van der Waals surface area contributed by atoms with E-state index in [4.69, 9.17) is 0 Å². The van der Waals surface area contributed by atoms with Gasteiger partial charge in [-0.2, -0.15) is 0 Å². The Balaban J connectivity index is 1.40. The molecule has 0 unspecified atom stereocenters. The Hall–Kier alpha value is -1.99. The molecular weight excluding hydrogens is 340 g/mol. The fourth-order valence-corrected chi connectivity index (χ4v) is 4.58. The summed E-state index contributed by atoms with van der Waals surface area (Å²) in [7, 11) is 0. The van der Waals surface area contributed by atoms with Crippen LogP contribution in [0.1, 0.15) is 27.4 Å². The van der Waals surface area contributed by atoms with E-state index >= 15 is 0 Å². The van der Waals surface area contributed by atoms with Crippen LogP contribution in [0.25, 0.3) is 10.2 Å². The quantitative estimate of drug-likeness (QED) is 0.779. The van der Waals surface area contributed by atoms with Crippen LogP contribution in [-0.2, 0) is 0 Å². The molecule has 0 radical (unpaired) electrons. The van der Waals surface area contributed by atoms with Gasteiger partial charge in [0.05, 0.1) is 10.3 Å². The summed E-state index contributed by atoms with van der Waals surface area (Å²) in [6.07, 6.45) is 3.51. The maximum Gasteiger partial charge on any atom is 0.261 e. The molecule has 24 heavy (non-hydrogen) atoms. The topological polar surface area (TPSA) is 58.1 Å². The van der Waals surface area contributed by atoms with Crippen molar-refractivity contribution in [1.29, 1.82) is 0 Å². The highest BCUT2D eigenvalue weighted by molar-refractivity contribution is 7.16. The third-order valence-electron chi connectivity index (χ3n) is 4.33. The van der Waals surface area contributed by atoms with Gasteiger partial charge in [-0.1, -0.05) is 0 Å². The third-order valence-corrected chi connectivity index (χ3v) is 6.15. The third kappa shape index (κ3) is 3.01. The Labute approximate surface area is 148 Å². The molecule has 1 aliphatic heterocycles. The Morgan fingerprint density at radius 2 is 2.08 bits per heavy atom. The van der Waals surface area contributed by atoms with E-state index in [-0.39, 0.29) is 11.9 Å². The van der Waals surface area contributed by atoms with Crippen LogP contribution in [0, 0.1) is 6.92 Å². The van der Waals surface area contributed by atoms with Gasteiger partial charge in [-0.3, -0.25) is 4.79 Å². The van der Waals surface area contributed by atoms with Crippen molar-refractivity contribution in [2.45, 2.75) is 25.8 Å². The zero-order valence-corrected chi connectivity index (χ0v) is 15.0. The van der Waals surface area contributed by atoms with Crippen molar-refractivity contribution >= 4 is 44.6 Å². The van der Waals surface area contributed by atoms with E-state index in [1.807, 2.05) is 19.1 Å². The molecule has 7 heteroatoms. The van der Waals surface area contributed by atoms with Crippen LogP contribution in [0.3, 0.4) is 0 Å². The Bertz CT molecular complexity index is 864. The molecule has 1 fully saturated rings. The molecular formula is C17H18N4OS2. The number of anilines is 1. The van der Waals surface area contributed by atoms with Crippen LogP contribution in [0.15, 0.2) is 29.9 Å². The normalized spacial score (nSPS) is 15.8. The highest BCUT2D eigenvalue weighted by atomic mass is 32.1. The molecule has 0 bridgehead atoms. The number of rotatable bonds is 3. The molecule has 0 saturated carbocycles. The molecule has 4 rings (SSSR count). The minimum Gasteiger partial charge on any atom is -0.356 e. The average molecular weight is 358 g/mol. The first-order valence-electron chi connectivity index (χ1n) is 8.01. The minimum atomic E-state index is 0.0498. The van der Waals surface area contributed by atoms with E-state index in [1.165, 1.54) is 4.88 Å². The summed E-state index contributed by atoms with van der Waals surface area (Å²) in [5.41, 5.74) is 0. The van der Waals surface area contributed by atoms with E-state index in [2.05, 4.69) is 31.6 Å². The minimum absolute atomic E-state index is 0.0498. The Kier molecular flexibility index (Phi) is 4.20. The Morgan fingerprint density at radius 1 is 1.25 bits per heavy atom. The molecule has 5 nitrogen and oxygen atoms in total. The van der Waals surface area contributed by atoms with Crippen molar-refractivity contribution in [2.75, 3.05) is 18.0 Å². The van der Waals surface area contributed by atoms with Crippen molar-refractivity contribution in [3.8, 4) is 0 Å². The van der Waals surface area contributed by atoms with E-state index in [1.54, 1.807) is 29.0 Å². The summed E-state index contributed by atoms with van der Waals surface area (Å²) in [5.74, 6) is 1.06. The molecule has 0 aromatic carbocycles. The summed E-state index contributed by atoms with van der Waals surface area (Å²) in [5, 5.41) is 6.35. The number of fused-ring (bicyclic) bond motifs is 1. The van der Waals surface area contributed by atoms with Crippen molar-refractivity contribution in [2.24, 2.45) is 0 Å². The van der Waals surface area contributed by atoms with Crippen molar-refractivity contribution in [3.63, 3.8) is 0 Å². The molecule has 3 aromatic rings. The highest BCUT2D eigenvalue weighted by Gasteiger charge is 2.23. The average Bonchev–Trinajstić information content (AvgIpc) is 3.24. The zero-order valence-electron chi connectivity index (χ0n) is 13.4. The first kappa shape index (κ1) is 15.5. The lowest BCUT2D eigenvalue weighted by Gasteiger charge is -2.33. The lowest BCUT2D eigenvalue weighted by molar-refractivity contribution is 0.0935. The number of nitrogens with zero attached hydrogens (tertiary/aromatic N) is 3. The zero-order chi connectivity index (χ0) is 16.5. The number of aromatic nitrogens is 2. The molecule has 0 atom stereocenters. The largest absolute Gasteiger partial charge is 0.356 e. The highest BCUT2D eigenvalue weighted by Crippen LogP contribution is 2.28. The number of carbonyl (C=O) groups is 1. The van der Waals surface area contributed by atoms with Crippen LogP contribution >= 0.6 is 22.7 Å². The van der Waals surface area contributed by atoms with E-state index in [9.17, 15) is 4.79 Å².